The molecule has 2 nitrogen and oxygen atoms in total. The molecule has 60 valence electrons. The van der Waals surface area contributed by atoms with E-state index in [0.29, 0.717) is 5.92 Å². The van der Waals surface area contributed by atoms with Crippen LogP contribution in [0.5, 0.6) is 0 Å². The summed E-state index contributed by atoms with van der Waals surface area (Å²) in [7, 11) is 0. The summed E-state index contributed by atoms with van der Waals surface area (Å²) >= 11 is 0. The molecule has 1 rings (SSSR count). The van der Waals surface area contributed by atoms with Crippen molar-refractivity contribution in [1.82, 2.24) is 0 Å². The highest BCUT2D eigenvalue weighted by Crippen LogP contribution is 2.11. The summed E-state index contributed by atoms with van der Waals surface area (Å²) in [5, 5.41) is 0. The molecule has 0 aromatic carbocycles. The molecule has 1 aliphatic heterocycles. The fraction of sp³-hybridized carbons (Fsp3) is 0.857. The Hall–Kier alpha value is -0.240. The lowest BCUT2D eigenvalue weighted by Gasteiger charge is -2.04. The highest BCUT2D eigenvalue weighted by molar-refractivity contribution is 5.85. The molecule has 2 N–H and O–H groups in total. The van der Waals surface area contributed by atoms with Crippen molar-refractivity contribution >= 4 is 18.2 Å². The predicted octanol–water partition coefficient (Wildman–Crippen LogP) is 1.59. The number of nitrogens with zero attached hydrogens (tertiary/aromatic N) is 1. The minimum absolute atomic E-state index is 0. The lowest BCUT2D eigenvalue weighted by Crippen LogP contribution is -2.20. The summed E-state index contributed by atoms with van der Waals surface area (Å²) in [6.45, 7) is 3.08. The third kappa shape index (κ3) is 2.56. The Bertz CT molecular complexity index is 123. The first kappa shape index (κ1) is 9.76. The molecular weight excluding hydrogens is 148 g/mol. The predicted molar refractivity (Wildman–Crippen MR) is 46.8 cm³/mol. The maximum atomic E-state index is 5.63. The first-order chi connectivity index (χ1) is 4.30. The third-order valence-corrected chi connectivity index (χ3v) is 1.84. The van der Waals surface area contributed by atoms with Crippen molar-refractivity contribution in [2.45, 2.75) is 26.2 Å². The molecule has 3 heteroatoms. The van der Waals surface area contributed by atoms with Gasteiger partial charge in [0.2, 0.25) is 0 Å². The minimum atomic E-state index is 0. The van der Waals surface area contributed by atoms with E-state index in [-0.39, 0.29) is 12.4 Å². The molecule has 1 heterocycles. The fourth-order valence-corrected chi connectivity index (χ4v) is 1.07. The molecule has 1 aliphatic rings. The van der Waals surface area contributed by atoms with Crippen LogP contribution < -0.4 is 5.73 Å². The maximum absolute atomic E-state index is 5.63. The van der Waals surface area contributed by atoms with E-state index in [1.165, 1.54) is 19.3 Å². The van der Waals surface area contributed by atoms with Crippen molar-refractivity contribution in [2.24, 2.45) is 16.6 Å². The minimum Gasteiger partial charge on any atom is -0.387 e. The lowest BCUT2D eigenvalue weighted by molar-refractivity contribution is 0.632. The Morgan fingerprint density at radius 2 is 2.20 bits per heavy atom. The second kappa shape index (κ2) is 4.56. The van der Waals surface area contributed by atoms with Crippen molar-refractivity contribution in [3.8, 4) is 0 Å². The number of hydrogen-bond donors (Lipinski definition) is 1. The molecule has 0 spiro atoms. The quantitative estimate of drug-likeness (QED) is 0.577. The lowest BCUT2D eigenvalue weighted by atomic mass is 10.1. The summed E-state index contributed by atoms with van der Waals surface area (Å²) in [6.07, 6.45) is 3.71. The molecule has 0 aromatic rings. The van der Waals surface area contributed by atoms with Crippen LogP contribution in [-0.4, -0.2) is 12.4 Å². The van der Waals surface area contributed by atoms with Crippen LogP contribution in [0.4, 0.5) is 0 Å². The average molecular weight is 163 g/mol. The summed E-state index contributed by atoms with van der Waals surface area (Å²) in [5.41, 5.74) is 5.63. The normalized spacial score (nSPS) is 26.1. The monoisotopic (exact) mass is 162 g/mol. The zero-order chi connectivity index (χ0) is 6.69. The Balaban J connectivity index is 0.000000810. The van der Waals surface area contributed by atoms with Gasteiger partial charge >= 0.3 is 0 Å². The topological polar surface area (TPSA) is 38.4 Å². The van der Waals surface area contributed by atoms with Crippen molar-refractivity contribution in [3.05, 3.63) is 0 Å². The van der Waals surface area contributed by atoms with E-state index in [1.807, 2.05) is 0 Å². The van der Waals surface area contributed by atoms with Gasteiger partial charge in [0, 0.05) is 12.5 Å². The van der Waals surface area contributed by atoms with Crippen molar-refractivity contribution < 1.29 is 0 Å². The zero-order valence-electron chi connectivity index (χ0n) is 6.34. The summed E-state index contributed by atoms with van der Waals surface area (Å²) < 4.78 is 0. The van der Waals surface area contributed by atoms with Crippen molar-refractivity contribution in [3.63, 3.8) is 0 Å². The number of halogens is 1. The summed E-state index contributed by atoms with van der Waals surface area (Å²) in [4.78, 5) is 4.20. The molecule has 0 amide bonds. The smallest absolute Gasteiger partial charge is 0.0965 e. The molecule has 1 atom stereocenters. The van der Waals surface area contributed by atoms with E-state index in [0.717, 1.165) is 12.4 Å². The van der Waals surface area contributed by atoms with Gasteiger partial charge in [0.15, 0.2) is 0 Å². The van der Waals surface area contributed by atoms with Crippen LogP contribution in [0.15, 0.2) is 4.99 Å². The molecule has 0 fully saturated rings. The molecule has 1 unspecified atom stereocenters. The van der Waals surface area contributed by atoms with Crippen LogP contribution in [0.2, 0.25) is 0 Å². The molecule has 0 saturated carbocycles. The number of hydrogen-bond acceptors (Lipinski definition) is 2. The van der Waals surface area contributed by atoms with Crippen LogP contribution in [0, 0.1) is 5.92 Å². The van der Waals surface area contributed by atoms with E-state index in [1.54, 1.807) is 0 Å². The van der Waals surface area contributed by atoms with Crippen LogP contribution in [0.3, 0.4) is 0 Å². The van der Waals surface area contributed by atoms with Gasteiger partial charge in [0.1, 0.15) is 0 Å². The largest absolute Gasteiger partial charge is 0.387 e. The first-order valence-electron chi connectivity index (χ1n) is 3.60. The van der Waals surface area contributed by atoms with Gasteiger partial charge in [-0.2, -0.15) is 0 Å². The average Bonchev–Trinajstić information content (AvgIpc) is 1.99. The summed E-state index contributed by atoms with van der Waals surface area (Å²) in [5.74, 6) is 1.38. The highest BCUT2D eigenvalue weighted by Gasteiger charge is 2.08. The van der Waals surface area contributed by atoms with Gasteiger partial charge < -0.3 is 5.73 Å². The van der Waals surface area contributed by atoms with Crippen molar-refractivity contribution in [1.29, 1.82) is 0 Å². The third-order valence-electron chi connectivity index (χ3n) is 1.84. The van der Waals surface area contributed by atoms with Gasteiger partial charge in [0.25, 0.3) is 0 Å². The van der Waals surface area contributed by atoms with E-state index in [9.17, 15) is 0 Å². The molecule has 0 bridgehead atoms. The molecule has 10 heavy (non-hydrogen) atoms. The van der Waals surface area contributed by atoms with Gasteiger partial charge in [-0.05, 0) is 12.8 Å². The Labute approximate surface area is 68.3 Å². The van der Waals surface area contributed by atoms with Crippen molar-refractivity contribution in [2.75, 3.05) is 6.54 Å². The summed E-state index contributed by atoms with van der Waals surface area (Å²) in [6, 6.07) is 0. The van der Waals surface area contributed by atoms with E-state index >= 15 is 0 Å². The van der Waals surface area contributed by atoms with Gasteiger partial charge in [-0.3, -0.25) is 4.99 Å². The van der Waals surface area contributed by atoms with Gasteiger partial charge in [-0.25, -0.2) is 0 Å². The van der Waals surface area contributed by atoms with Gasteiger partial charge in [-0.1, -0.05) is 13.3 Å². The van der Waals surface area contributed by atoms with E-state index < -0.39 is 0 Å². The first-order valence-corrected chi connectivity index (χ1v) is 3.60. The number of aliphatic imine (C=N–C) groups is 1. The zero-order valence-corrected chi connectivity index (χ0v) is 7.16. The Morgan fingerprint density at radius 1 is 1.50 bits per heavy atom. The Kier molecular flexibility index (Phi) is 4.45. The second-order valence-electron chi connectivity index (χ2n) is 2.70. The fourth-order valence-electron chi connectivity index (χ4n) is 1.07. The van der Waals surface area contributed by atoms with E-state index in [2.05, 4.69) is 11.9 Å². The molecule has 0 saturated heterocycles. The van der Waals surface area contributed by atoms with Crippen LogP contribution in [-0.2, 0) is 0 Å². The molecule has 0 aromatic heterocycles. The van der Waals surface area contributed by atoms with Crippen LogP contribution in [0.1, 0.15) is 26.2 Å². The molecular formula is C7H15ClN2. The van der Waals surface area contributed by atoms with Crippen LogP contribution in [0.25, 0.3) is 0 Å². The second-order valence-corrected chi connectivity index (χ2v) is 2.70. The molecule has 0 radical (unpaired) electrons. The number of amidine groups is 1. The van der Waals surface area contributed by atoms with Crippen LogP contribution >= 0.6 is 12.4 Å². The highest BCUT2D eigenvalue weighted by atomic mass is 35.5. The standard InChI is InChI=1S/C7H14N2.ClH/c1-6-4-2-3-5-9-7(6)8;/h6H,2-5H2,1H3,(H2,8,9);1H. The Morgan fingerprint density at radius 3 is 2.90 bits per heavy atom. The van der Waals surface area contributed by atoms with E-state index in [4.69, 9.17) is 5.73 Å². The number of nitrogens with two attached hydrogens (primary N) is 1. The maximum Gasteiger partial charge on any atom is 0.0965 e. The van der Waals surface area contributed by atoms with Gasteiger partial charge in [-0.15, -0.1) is 12.4 Å². The molecule has 0 aliphatic carbocycles. The van der Waals surface area contributed by atoms with Gasteiger partial charge in [0.05, 0.1) is 5.84 Å². The number of rotatable bonds is 0. The SMILES string of the molecule is CC1CCCCN=C1N.Cl.